The van der Waals surface area contributed by atoms with Gasteiger partial charge in [-0.15, -0.1) is 0 Å². The number of halogens is 1. The monoisotopic (exact) mass is 555 g/mol. The average Bonchev–Trinajstić information content (AvgIpc) is 3.33. The number of benzene rings is 2. The summed E-state index contributed by atoms with van der Waals surface area (Å²) in [6.07, 6.45) is 1.92. The summed E-state index contributed by atoms with van der Waals surface area (Å²) in [6.45, 7) is 6.49. The molecule has 1 saturated heterocycles. The summed E-state index contributed by atoms with van der Waals surface area (Å²) in [5.41, 5.74) is 1.03. The molecule has 2 aromatic carbocycles. The Kier molecular flexibility index (Phi) is 10.9. The lowest BCUT2D eigenvalue weighted by molar-refractivity contribution is -0.127. The molecule has 3 rings (SSSR count). The van der Waals surface area contributed by atoms with E-state index in [0.29, 0.717) is 37.1 Å². The summed E-state index contributed by atoms with van der Waals surface area (Å²) in [7, 11) is 0. The lowest BCUT2D eigenvalue weighted by Gasteiger charge is -2.35. The Balaban J connectivity index is 1.76. The van der Waals surface area contributed by atoms with Gasteiger partial charge in [-0.2, -0.15) is 0 Å². The van der Waals surface area contributed by atoms with Gasteiger partial charge in [0, 0.05) is 22.9 Å². The number of rotatable bonds is 13. The zero-order valence-corrected chi connectivity index (χ0v) is 23.5. The van der Waals surface area contributed by atoms with E-state index in [1.165, 1.54) is 0 Å². The zero-order valence-electron chi connectivity index (χ0n) is 22.7. The SMILES string of the molecule is CCCCC(NC(=O)OC(c1ccccc1)C(C)(C)c1cccc(Cl)c1)C(=O)NC(C=O)C[C@@H]1CCNC1=O. The van der Waals surface area contributed by atoms with E-state index in [1.807, 2.05) is 69.3 Å². The van der Waals surface area contributed by atoms with Crippen LogP contribution in [-0.4, -0.2) is 42.8 Å². The van der Waals surface area contributed by atoms with Crippen LogP contribution in [0.1, 0.15) is 70.1 Å². The third kappa shape index (κ3) is 8.30. The van der Waals surface area contributed by atoms with Crippen LogP contribution in [0.25, 0.3) is 0 Å². The van der Waals surface area contributed by atoms with Crippen LogP contribution in [0.5, 0.6) is 0 Å². The van der Waals surface area contributed by atoms with Gasteiger partial charge in [-0.3, -0.25) is 9.59 Å². The second-order valence-electron chi connectivity index (χ2n) is 10.5. The van der Waals surface area contributed by atoms with Gasteiger partial charge in [-0.25, -0.2) is 4.79 Å². The third-order valence-electron chi connectivity index (χ3n) is 7.20. The van der Waals surface area contributed by atoms with Crippen molar-refractivity contribution in [1.82, 2.24) is 16.0 Å². The quantitative estimate of drug-likeness (QED) is 0.306. The summed E-state index contributed by atoms with van der Waals surface area (Å²) in [5, 5.41) is 8.74. The maximum absolute atomic E-state index is 13.3. The predicted octanol–water partition coefficient (Wildman–Crippen LogP) is 4.85. The van der Waals surface area contributed by atoms with Crippen LogP contribution in [0, 0.1) is 5.92 Å². The topological polar surface area (TPSA) is 114 Å². The molecule has 39 heavy (non-hydrogen) atoms. The maximum Gasteiger partial charge on any atom is 0.408 e. The lowest BCUT2D eigenvalue weighted by atomic mass is 9.76. The first-order valence-corrected chi connectivity index (χ1v) is 13.8. The van der Waals surface area contributed by atoms with E-state index < -0.39 is 35.6 Å². The summed E-state index contributed by atoms with van der Waals surface area (Å²) < 4.78 is 6.01. The molecule has 0 saturated carbocycles. The Morgan fingerprint density at radius 2 is 1.90 bits per heavy atom. The second kappa shape index (κ2) is 14.1. The minimum Gasteiger partial charge on any atom is -0.440 e. The molecule has 9 heteroatoms. The number of amides is 3. The van der Waals surface area contributed by atoms with Crippen molar-refractivity contribution in [2.75, 3.05) is 6.54 Å². The van der Waals surface area contributed by atoms with Crippen molar-refractivity contribution in [2.24, 2.45) is 5.92 Å². The molecule has 3 amide bonds. The molecule has 0 aliphatic carbocycles. The number of hydrogen-bond donors (Lipinski definition) is 3. The smallest absolute Gasteiger partial charge is 0.408 e. The van der Waals surface area contributed by atoms with Gasteiger partial charge in [0.1, 0.15) is 18.4 Å². The van der Waals surface area contributed by atoms with Crippen molar-refractivity contribution in [3.05, 3.63) is 70.7 Å². The fraction of sp³-hybridized carbons (Fsp3) is 0.467. The Bertz CT molecular complexity index is 1140. The van der Waals surface area contributed by atoms with Crippen LogP contribution in [0.3, 0.4) is 0 Å². The van der Waals surface area contributed by atoms with Crippen molar-refractivity contribution >= 4 is 35.8 Å². The van der Waals surface area contributed by atoms with E-state index in [-0.39, 0.29) is 18.2 Å². The number of unbranched alkanes of at least 4 members (excludes halogenated alkanes) is 1. The number of nitrogens with one attached hydrogen (secondary N) is 3. The van der Waals surface area contributed by atoms with Crippen molar-refractivity contribution in [1.29, 1.82) is 0 Å². The molecule has 1 aliphatic rings. The molecule has 4 atom stereocenters. The zero-order chi connectivity index (χ0) is 28.4. The highest BCUT2D eigenvalue weighted by Gasteiger charge is 2.37. The number of carbonyl (C=O) groups excluding carboxylic acids is 4. The maximum atomic E-state index is 13.3. The van der Waals surface area contributed by atoms with Gasteiger partial charge in [-0.05, 0) is 42.5 Å². The van der Waals surface area contributed by atoms with E-state index >= 15 is 0 Å². The molecule has 3 unspecified atom stereocenters. The van der Waals surface area contributed by atoms with Gasteiger partial charge in [-0.1, -0.05) is 87.7 Å². The molecule has 1 aliphatic heterocycles. The Morgan fingerprint density at radius 1 is 1.15 bits per heavy atom. The fourth-order valence-electron chi connectivity index (χ4n) is 4.87. The Morgan fingerprint density at radius 3 is 2.51 bits per heavy atom. The molecule has 0 aromatic heterocycles. The third-order valence-corrected chi connectivity index (χ3v) is 7.43. The summed E-state index contributed by atoms with van der Waals surface area (Å²) >= 11 is 6.26. The van der Waals surface area contributed by atoms with E-state index in [4.69, 9.17) is 16.3 Å². The molecule has 0 spiro atoms. The van der Waals surface area contributed by atoms with Crippen LogP contribution in [0.4, 0.5) is 4.79 Å². The summed E-state index contributed by atoms with van der Waals surface area (Å²) in [5.74, 6) is -0.927. The van der Waals surface area contributed by atoms with Crippen LogP contribution < -0.4 is 16.0 Å². The first kappa shape index (κ1) is 30.2. The van der Waals surface area contributed by atoms with Crippen molar-refractivity contribution in [3.8, 4) is 0 Å². The number of hydrogen-bond acceptors (Lipinski definition) is 5. The highest BCUT2D eigenvalue weighted by molar-refractivity contribution is 6.30. The first-order chi connectivity index (χ1) is 18.6. The number of carbonyl (C=O) groups is 4. The van der Waals surface area contributed by atoms with Crippen molar-refractivity contribution < 1.29 is 23.9 Å². The van der Waals surface area contributed by atoms with Gasteiger partial charge in [0.25, 0.3) is 0 Å². The molecular formula is C30H38ClN3O5. The van der Waals surface area contributed by atoms with Gasteiger partial charge in [0.2, 0.25) is 11.8 Å². The van der Waals surface area contributed by atoms with E-state index in [1.54, 1.807) is 6.07 Å². The fourth-order valence-corrected chi connectivity index (χ4v) is 5.06. The van der Waals surface area contributed by atoms with Crippen LogP contribution >= 0.6 is 11.6 Å². The second-order valence-corrected chi connectivity index (χ2v) is 11.0. The van der Waals surface area contributed by atoms with Gasteiger partial charge in [0.05, 0.1) is 6.04 Å². The minimum atomic E-state index is -0.900. The van der Waals surface area contributed by atoms with Crippen LogP contribution in [0.15, 0.2) is 54.6 Å². The summed E-state index contributed by atoms with van der Waals surface area (Å²) in [6, 6.07) is 15.1. The predicted molar refractivity (Wildman–Crippen MR) is 150 cm³/mol. The lowest BCUT2D eigenvalue weighted by Crippen LogP contribution is -2.51. The van der Waals surface area contributed by atoms with Crippen LogP contribution in [-0.2, 0) is 24.5 Å². The normalized spacial score (nSPS) is 17.4. The van der Waals surface area contributed by atoms with Gasteiger partial charge >= 0.3 is 6.09 Å². The van der Waals surface area contributed by atoms with Crippen molar-refractivity contribution in [3.63, 3.8) is 0 Å². The molecule has 3 N–H and O–H groups in total. The number of alkyl carbamates (subject to hydrolysis) is 1. The highest BCUT2D eigenvalue weighted by Crippen LogP contribution is 2.40. The molecule has 2 aromatic rings. The molecule has 0 bridgehead atoms. The number of ether oxygens (including phenoxy) is 1. The molecule has 1 fully saturated rings. The molecule has 1 heterocycles. The molecule has 8 nitrogen and oxygen atoms in total. The van der Waals surface area contributed by atoms with E-state index in [0.717, 1.165) is 17.5 Å². The number of aldehydes is 1. The molecular weight excluding hydrogens is 518 g/mol. The van der Waals surface area contributed by atoms with E-state index in [9.17, 15) is 19.2 Å². The average molecular weight is 556 g/mol. The highest BCUT2D eigenvalue weighted by atomic mass is 35.5. The Hall–Kier alpha value is -3.39. The first-order valence-electron chi connectivity index (χ1n) is 13.5. The summed E-state index contributed by atoms with van der Waals surface area (Å²) in [4.78, 5) is 50.1. The van der Waals surface area contributed by atoms with E-state index in [2.05, 4.69) is 16.0 Å². The molecule has 0 radical (unpaired) electrons. The molecule has 210 valence electrons. The largest absolute Gasteiger partial charge is 0.440 e. The van der Waals surface area contributed by atoms with Crippen molar-refractivity contribution in [2.45, 2.75) is 76.5 Å². The standard InChI is InChI=1S/C30H38ClN3O5/c1-4-5-14-25(28(37)33-24(19-35)17-21-15-16-32-27(21)36)34-29(38)39-26(20-10-7-6-8-11-20)30(2,3)22-12-9-13-23(31)18-22/h6-13,18-19,21,24-26H,4-5,14-17H2,1-3H3,(H,32,36)(H,33,37)(H,34,38)/t21-,24?,25?,26?/m0/s1. The Labute approximate surface area is 235 Å². The minimum absolute atomic E-state index is 0.116. The van der Waals surface area contributed by atoms with Crippen LogP contribution in [0.2, 0.25) is 5.02 Å². The van der Waals surface area contributed by atoms with Gasteiger partial charge < -0.3 is 25.5 Å². The van der Waals surface area contributed by atoms with Gasteiger partial charge in [0.15, 0.2) is 0 Å².